The zero-order valence-electron chi connectivity index (χ0n) is 12.5. The fourth-order valence-corrected chi connectivity index (χ4v) is 2.16. The normalized spacial score (nSPS) is 13.5. The van der Waals surface area contributed by atoms with Crippen molar-refractivity contribution in [1.29, 1.82) is 0 Å². The van der Waals surface area contributed by atoms with Crippen molar-refractivity contribution in [2.24, 2.45) is 5.73 Å². The molecule has 0 fully saturated rings. The molecule has 0 bridgehead atoms. The number of rotatable bonds is 5. The number of nitrogens with two attached hydrogens (primary N) is 1. The second-order valence-corrected chi connectivity index (χ2v) is 5.31. The van der Waals surface area contributed by atoms with Gasteiger partial charge < -0.3 is 11.1 Å². The van der Waals surface area contributed by atoms with Crippen LogP contribution < -0.4 is 11.1 Å². The van der Waals surface area contributed by atoms with Gasteiger partial charge in [0.25, 0.3) is 0 Å². The lowest BCUT2D eigenvalue weighted by Crippen LogP contribution is -2.27. The average Bonchev–Trinajstić information content (AvgIpc) is 2.55. The lowest BCUT2D eigenvalue weighted by Gasteiger charge is -2.14. The van der Waals surface area contributed by atoms with Crippen LogP contribution in [-0.2, 0) is 4.79 Å². The smallest absolute Gasteiger partial charge is 0.245 e. The Balaban J connectivity index is 2.03. The summed E-state index contributed by atoms with van der Waals surface area (Å²) in [5.41, 5.74) is 8.84. The second kappa shape index (κ2) is 7.04. The predicted molar refractivity (Wildman–Crippen MR) is 87.1 cm³/mol. The number of anilines is 1. The molecule has 0 spiro atoms. The molecule has 2 aromatic rings. The van der Waals surface area contributed by atoms with Gasteiger partial charge in [0.15, 0.2) is 0 Å². The minimum absolute atomic E-state index is 0.197. The zero-order chi connectivity index (χ0) is 15.2. The van der Waals surface area contributed by atoms with Gasteiger partial charge in [-0.25, -0.2) is 0 Å². The van der Waals surface area contributed by atoms with Crippen molar-refractivity contribution >= 4 is 11.6 Å². The summed E-state index contributed by atoms with van der Waals surface area (Å²) in [4.78, 5) is 12.2. The number of nitrogens with one attached hydrogen (secondary N) is 1. The Kier molecular flexibility index (Phi) is 5.12. The van der Waals surface area contributed by atoms with E-state index >= 15 is 0 Å². The van der Waals surface area contributed by atoms with Crippen molar-refractivity contribution in [3.8, 4) is 0 Å². The van der Waals surface area contributed by atoms with Gasteiger partial charge in [0, 0.05) is 5.69 Å². The summed E-state index contributed by atoms with van der Waals surface area (Å²) in [7, 11) is 0. The van der Waals surface area contributed by atoms with Crippen molar-refractivity contribution in [3.63, 3.8) is 0 Å². The summed E-state index contributed by atoms with van der Waals surface area (Å²) >= 11 is 0. The van der Waals surface area contributed by atoms with Crippen LogP contribution in [0.3, 0.4) is 0 Å². The highest BCUT2D eigenvalue weighted by molar-refractivity contribution is 5.95. The largest absolute Gasteiger partial charge is 0.324 e. The molecule has 0 aromatic heterocycles. The molecule has 2 atom stereocenters. The van der Waals surface area contributed by atoms with Crippen LogP contribution in [0.4, 0.5) is 5.69 Å². The van der Waals surface area contributed by atoms with E-state index in [2.05, 4.69) is 31.3 Å². The first-order chi connectivity index (χ1) is 10.1. The van der Waals surface area contributed by atoms with Gasteiger partial charge in [-0.3, -0.25) is 4.79 Å². The van der Waals surface area contributed by atoms with Gasteiger partial charge in [0.1, 0.15) is 6.04 Å². The quantitative estimate of drug-likeness (QED) is 0.875. The first kappa shape index (κ1) is 15.3. The van der Waals surface area contributed by atoms with Crippen LogP contribution in [0.2, 0.25) is 0 Å². The molecule has 0 radical (unpaired) electrons. The Morgan fingerprint density at radius 3 is 2.24 bits per heavy atom. The maximum Gasteiger partial charge on any atom is 0.245 e. The van der Waals surface area contributed by atoms with Crippen LogP contribution in [0.1, 0.15) is 43.4 Å². The van der Waals surface area contributed by atoms with Crippen molar-refractivity contribution in [1.82, 2.24) is 0 Å². The number of hydrogen-bond donors (Lipinski definition) is 2. The number of carbonyl (C=O) groups excluding carboxylic acids is 1. The average molecular weight is 282 g/mol. The molecular formula is C18H22N2O. The van der Waals surface area contributed by atoms with Crippen LogP contribution in [-0.4, -0.2) is 5.91 Å². The summed E-state index contributed by atoms with van der Waals surface area (Å²) in [6, 6.07) is 16.7. The summed E-state index contributed by atoms with van der Waals surface area (Å²) in [5.74, 6) is 0.332. The molecule has 1 unspecified atom stereocenters. The minimum Gasteiger partial charge on any atom is -0.324 e. The maximum absolute atomic E-state index is 12.2. The van der Waals surface area contributed by atoms with Crippen molar-refractivity contribution < 1.29 is 4.79 Å². The van der Waals surface area contributed by atoms with Gasteiger partial charge >= 0.3 is 0 Å². The molecule has 1 amide bonds. The Morgan fingerprint density at radius 2 is 1.67 bits per heavy atom. The van der Waals surface area contributed by atoms with E-state index in [1.165, 1.54) is 5.56 Å². The van der Waals surface area contributed by atoms with Crippen molar-refractivity contribution in [2.75, 3.05) is 5.32 Å². The van der Waals surface area contributed by atoms with E-state index in [4.69, 9.17) is 5.73 Å². The fourth-order valence-electron chi connectivity index (χ4n) is 2.16. The molecule has 3 N–H and O–H groups in total. The topological polar surface area (TPSA) is 55.1 Å². The molecule has 0 heterocycles. The molecule has 0 aliphatic carbocycles. The molecule has 2 rings (SSSR count). The Bertz CT molecular complexity index is 578. The standard InChI is InChI=1S/C18H22N2O/c1-3-13(2)14-9-11-16(12-10-14)20-18(21)17(19)15-7-5-4-6-8-15/h4-13,17H,3,19H2,1-2H3,(H,20,21)/t13?,17-/m0/s1. The van der Waals surface area contributed by atoms with Gasteiger partial charge in [-0.2, -0.15) is 0 Å². The molecule has 2 aromatic carbocycles. The highest BCUT2D eigenvalue weighted by atomic mass is 16.2. The van der Waals surface area contributed by atoms with Crippen LogP contribution in [0.25, 0.3) is 0 Å². The SMILES string of the molecule is CCC(C)c1ccc(NC(=O)[C@@H](N)c2ccccc2)cc1. The first-order valence-corrected chi connectivity index (χ1v) is 7.33. The fraction of sp³-hybridized carbons (Fsp3) is 0.278. The molecule has 0 aliphatic rings. The van der Waals surface area contributed by atoms with Crippen molar-refractivity contribution in [3.05, 3.63) is 65.7 Å². The van der Waals surface area contributed by atoms with Gasteiger partial charge in [-0.05, 0) is 35.6 Å². The van der Waals surface area contributed by atoms with E-state index < -0.39 is 6.04 Å². The summed E-state index contributed by atoms with van der Waals surface area (Å²) in [6.07, 6.45) is 1.10. The van der Waals surface area contributed by atoms with Crippen molar-refractivity contribution in [2.45, 2.75) is 32.2 Å². The summed E-state index contributed by atoms with van der Waals surface area (Å²) < 4.78 is 0. The van der Waals surface area contributed by atoms with E-state index in [9.17, 15) is 4.79 Å². The molecule has 0 saturated heterocycles. The Hall–Kier alpha value is -2.13. The molecule has 0 saturated carbocycles. The Morgan fingerprint density at radius 1 is 1.05 bits per heavy atom. The molecule has 0 aliphatic heterocycles. The monoisotopic (exact) mass is 282 g/mol. The third-order valence-electron chi connectivity index (χ3n) is 3.80. The lowest BCUT2D eigenvalue weighted by atomic mass is 9.98. The molecule has 21 heavy (non-hydrogen) atoms. The van der Waals surface area contributed by atoms with E-state index in [1.54, 1.807) is 0 Å². The maximum atomic E-state index is 12.2. The number of benzene rings is 2. The van der Waals surface area contributed by atoms with Crippen LogP contribution in [0, 0.1) is 0 Å². The second-order valence-electron chi connectivity index (χ2n) is 5.31. The van der Waals surface area contributed by atoms with Crippen LogP contribution in [0.15, 0.2) is 54.6 Å². The predicted octanol–water partition coefficient (Wildman–Crippen LogP) is 3.84. The van der Waals surface area contributed by atoms with Gasteiger partial charge in [-0.15, -0.1) is 0 Å². The summed E-state index contributed by atoms with van der Waals surface area (Å²) in [5, 5.41) is 2.86. The third-order valence-corrected chi connectivity index (χ3v) is 3.80. The van der Waals surface area contributed by atoms with Gasteiger partial charge in [-0.1, -0.05) is 56.3 Å². The number of hydrogen-bond acceptors (Lipinski definition) is 2. The van der Waals surface area contributed by atoms with Crippen LogP contribution >= 0.6 is 0 Å². The highest BCUT2D eigenvalue weighted by Crippen LogP contribution is 2.21. The van der Waals surface area contributed by atoms with E-state index in [-0.39, 0.29) is 5.91 Å². The lowest BCUT2D eigenvalue weighted by molar-refractivity contribution is -0.117. The molecule has 3 heteroatoms. The van der Waals surface area contributed by atoms with E-state index in [0.717, 1.165) is 17.7 Å². The third kappa shape index (κ3) is 3.92. The van der Waals surface area contributed by atoms with E-state index in [1.807, 2.05) is 42.5 Å². The molecule has 3 nitrogen and oxygen atoms in total. The number of amides is 1. The highest BCUT2D eigenvalue weighted by Gasteiger charge is 2.15. The summed E-state index contributed by atoms with van der Waals surface area (Å²) in [6.45, 7) is 4.36. The van der Waals surface area contributed by atoms with Gasteiger partial charge in [0.05, 0.1) is 0 Å². The Labute approximate surface area is 126 Å². The zero-order valence-corrected chi connectivity index (χ0v) is 12.5. The van der Waals surface area contributed by atoms with Gasteiger partial charge in [0.2, 0.25) is 5.91 Å². The number of carbonyl (C=O) groups is 1. The van der Waals surface area contributed by atoms with Crippen LogP contribution in [0.5, 0.6) is 0 Å². The molecule has 110 valence electrons. The van der Waals surface area contributed by atoms with E-state index in [0.29, 0.717) is 5.92 Å². The molecular weight excluding hydrogens is 260 g/mol. The first-order valence-electron chi connectivity index (χ1n) is 7.33. The minimum atomic E-state index is -0.652.